The number of hydrogen-bond acceptors (Lipinski definition) is 8. The van der Waals surface area contributed by atoms with Crippen molar-refractivity contribution in [2.24, 2.45) is 0 Å². The average Bonchev–Trinajstić information content (AvgIpc) is 3.39. The van der Waals surface area contributed by atoms with Gasteiger partial charge in [0.05, 0.1) is 24.0 Å². The number of likely N-dealkylation sites (N-methyl/N-ethyl adjacent to an activating group) is 1. The SMILES string of the molecule is C=C(F)C(=O)N1CCN(c2nc(OCC3CCCN3C)nc3cc(-c4c(C)cccc4C(C)C)c(F)nc23)C[C@@H]1CC#N. The van der Waals surface area contributed by atoms with Crippen molar-refractivity contribution in [3.8, 4) is 23.2 Å². The zero-order valence-corrected chi connectivity index (χ0v) is 25.1. The van der Waals surface area contributed by atoms with Gasteiger partial charge in [-0.15, -0.1) is 0 Å². The number of benzene rings is 1. The summed E-state index contributed by atoms with van der Waals surface area (Å²) in [4.78, 5) is 31.6. The summed E-state index contributed by atoms with van der Waals surface area (Å²) in [6.45, 7) is 11.2. The highest BCUT2D eigenvalue weighted by Crippen LogP contribution is 2.37. The van der Waals surface area contributed by atoms with E-state index in [1.165, 1.54) is 4.90 Å². The Morgan fingerprint density at radius 2 is 2.00 bits per heavy atom. The molecule has 5 rings (SSSR count). The number of aromatic nitrogens is 3. The van der Waals surface area contributed by atoms with Crippen molar-refractivity contribution in [1.29, 1.82) is 5.26 Å². The van der Waals surface area contributed by atoms with Crippen molar-refractivity contribution < 1.29 is 18.3 Å². The van der Waals surface area contributed by atoms with Crippen LogP contribution in [0.2, 0.25) is 0 Å². The number of fused-ring (bicyclic) bond motifs is 1. The first-order valence-corrected chi connectivity index (χ1v) is 14.7. The Labute approximate surface area is 250 Å². The first kappa shape index (κ1) is 30.3. The number of aryl methyl sites for hydroxylation is 1. The lowest BCUT2D eigenvalue weighted by Gasteiger charge is -2.41. The van der Waals surface area contributed by atoms with Crippen LogP contribution in [0.15, 0.2) is 36.7 Å². The molecule has 43 heavy (non-hydrogen) atoms. The number of nitriles is 1. The molecule has 1 amide bonds. The Morgan fingerprint density at radius 3 is 2.67 bits per heavy atom. The average molecular weight is 590 g/mol. The Morgan fingerprint density at radius 1 is 1.21 bits per heavy atom. The van der Waals surface area contributed by atoms with Crippen LogP contribution in [0.1, 0.15) is 50.2 Å². The summed E-state index contributed by atoms with van der Waals surface area (Å²) in [6.07, 6.45) is 2.07. The number of piperazine rings is 1. The normalized spacial score (nSPS) is 19.2. The van der Waals surface area contributed by atoms with Crippen LogP contribution in [0.4, 0.5) is 14.6 Å². The molecule has 9 nitrogen and oxygen atoms in total. The molecule has 3 aromatic rings. The fourth-order valence-electron chi connectivity index (χ4n) is 6.11. The molecule has 2 fully saturated rings. The van der Waals surface area contributed by atoms with Crippen LogP contribution in [-0.2, 0) is 4.79 Å². The molecule has 0 spiro atoms. The van der Waals surface area contributed by atoms with Gasteiger partial charge in [-0.1, -0.05) is 38.6 Å². The molecule has 0 radical (unpaired) electrons. The fourth-order valence-corrected chi connectivity index (χ4v) is 6.11. The minimum Gasteiger partial charge on any atom is -0.462 e. The van der Waals surface area contributed by atoms with Crippen molar-refractivity contribution in [3.63, 3.8) is 0 Å². The van der Waals surface area contributed by atoms with Crippen molar-refractivity contribution in [2.75, 3.05) is 44.7 Å². The predicted octanol–water partition coefficient (Wildman–Crippen LogP) is 5.15. The standard InChI is InChI=1S/C32H37F2N7O2/c1-19(2)24-10-6-8-20(3)27(24)25-16-26-28(37-29(25)34)30(38-32(36-26)43-18-23-9-7-13-39(23)5)40-14-15-41(31(42)21(4)33)22(17-40)11-12-35/h6,8,10,16,19,22-23H,4,7,9,11,13-15,17-18H2,1-3,5H3/t22-,23?/m0/s1. The largest absolute Gasteiger partial charge is 0.462 e. The summed E-state index contributed by atoms with van der Waals surface area (Å²) in [5, 5.41) is 9.45. The molecule has 1 unspecified atom stereocenters. The molecule has 0 N–H and O–H groups in total. The first-order valence-electron chi connectivity index (χ1n) is 14.7. The molecule has 2 aliphatic heterocycles. The number of halogens is 2. The van der Waals surface area contributed by atoms with E-state index in [1.807, 2.05) is 30.0 Å². The molecular formula is C32H37F2N7O2. The minimum atomic E-state index is -1.08. The van der Waals surface area contributed by atoms with Crippen molar-refractivity contribution in [2.45, 2.75) is 58.0 Å². The number of amides is 1. The maximum absolute atomic E-state index is 16.0. The zero-order chi connectivity index (χ0) is 30.8. The van der Waals surface area contributed by atoms with Gasteiger partial charge >= 0.3 is 6.01 Å². The number of rotatable bonds is 8. The van der Waals surface area contributed by atoms with E-state index < -0.39 is 23.7 Å². The highest BCUT2D eigenvalue weighted by atomic mass is 19.1. The van der Waals surface area contributed by atoms with E-state index in [1.54, 1.807) is 6.07 Å². The molecule has 2 atom stereocenters. The van der Waals surface area contributed by atoms with Gasteiger partial charge in [0.2, 0.25) is 5.95 Å². The number of nitrogens with zero attached hydrogens (tertiary/aromatic N) is 7. The molecule has 2 aromatic heterocycles. The van der Waals surface area contributed by atoms with Crippen LogP contribution >= 0.6 is 0 Å². The number of likely N-dealkylation sites (tertiary alicyclic amines) is 1. The monoisotopic (exact) mass is 589 g/mol. The van der Waals surface area contributed by atoms with Gasteiger partial charge in [0.15, 0.2) is 11.6 Å². The summed E-state index contributed by atoms with van der Waals surface area (Å²) in [7, 11) is 2.06. The fraction of sp³-hybridized carbons (Fsp3) is 0.469. The third-order valence-electron chi connectivity index (χ3n) is 8.46. The first-order chi connectivity index (χ1) is 20.6. The molecule has 11 heteroatoms. The molecule has 4 heterocycles. The summed E-state index contributed by atoms with van der Waals surface area (Å²) in [5.41, 5.74) is 3.73. The number of carbonyl (C=O) groups is 1. The van der Waals surface area contributed by atoms with Gasteiger partial charge in [-0.05, 0) is 62.0 Å². The molecule has 1 aromatic carbocycles. The Bertz CT molecular complexity index is 1590. The summed E-state index contributed by atoms with van der Waals surface area (Å²) in [5.74, 6) is -2.07. The quantitative estimate of drug-likeness (QED) is 0.263. The van der Waals surface area contributed by atoms with Gasteiger partial charge in [-0.25, -0.2) is 9.37 Å². The van der Waals surface area contributed by atoms with Crippen LogP contribution in [0.3, 0.4) is 0 Å². The van der Waals surface area contributed by atoms with E-state index in [4.69, 9.17) is 4.74 Å². The van der Waals surface area contributed by atoms with E-state index in [2.05, 4.69) is 53.4 Å². The zero-order valence-electron chi connectivity index (χ0n) is 25.1. The second-order valence-electron chi connectivity index (χ2n) is 11.7. The van der Waals surface area contributed by atoms with E-state index in [0.717, 1.165) is 36.1 Å². The number of ether oxygens (including phenoxy) is 1. The molecule has 2 aliphatic rings. The number of hydrogen-bond donors (Lipinski definition) is 0. The molecule has 0 bridgehead atoms. The van der Waals surface area contributed by atoms with Crippen molar-refractivity contribution in [3.05, 3.63) is 53.7 Å². The third-order valence-corrected chi connectivity index (χ3v) is 8.46. The van der Waals surface area contributed by atoms with Crippen molar-refractivity contribution >= 4 is 22.8 Å². The molecule has 2 saturated heterocycles. The van der Waals surface area contributed by atoms with Gasteiger partial charge in [-0.2, -0.15) is 19.6 Å². The second-order valence-corrected chi connectivity index (χ2v) is 11.7. The Kier molecular flexibility index (Phi) is 8.87. The maximum atomic E-state index is 16.0. The summed E-state index contributed by atoms with van der Waals surface area (Å²) >= 11 is 0. The molecule has 0 saturated carbocycles. The highest BCUT2D eigenvalue weighted by Gasteiger charge is 2.34. The molecular weight excluding hydrogens is 552 g/mol. The van der Waals surface area contributed by atoms with Gasteiger partial charge in [0, 0.05) is 31.2 Å². The van der Waals surface area contributed by atoms with Gasteiger partial charge in [0.25, 0.3) is 5.91 Å². The lowest BCUT2D eigenvalue weighted by molar-refractivity contribution is -0.131. The Hall–Kier alpha value is -4.17. The van der Waals surface area contributed by atoms with Gasteiger partial charge in [0.1, 0.15) is 12.1 Å². The molecule has 226 valence electrons. The summed E-state index contributed by atoms with van der Waals surface area (Å²) in [6, 6.07) is 9.44. The van der Waals surface area contributed by atoms with E-state index >= 15 is 4.39 Å². The predicted molar refractivity (Wildman–Crippen MR) is 161 cm³/mol. The lowest BCUT2D eigenvalue weighted by Crippen LogP contribution is -2.55. The van der Waals surface area contributed by atoms with E-state index in [9.17, 15) is 14.4 Å². The van der Waals surface area contributed by atoms with Gasteiger partial charge < -0.3 is 19.4 Å². The third kappa shape index (κ3) is 6.15. The van der Waals surface area contributed by atoms with Gasteiger partial charge in [-0.3, -0.25) is 4.79 Å². The second kappa shape index (κ2) is 12.6. The van der Waals surface area contributed by atoms with Crippen LogP contribution < -0.4 is 9.64 Å². The number of anilines is 1. The van der Waals surface area contributed by atoms with E-state index in [0.29, 0.717) is 23.5 Å². The lowest BCUT2D eigenvalue weighted by atomic mass is 9.89. The summed E-state index contributed by atoms with van der Waals surface area (Å²) < 4.78 is 35.9. The topological polar surface area (TPSA) is 98.5 Å². The minimum absolute atomic E-state index is 0.0207. The highest BCUT2D eigenvalue weighted by molar-refractivity contribution is 5.92. The van der Waals surface area contributed by atoms with Crippen LogP contribution in [-0.4, -0.2) is 82.6 Å². The number of carbonyl (C=O) groups excluding carboxylic acids is 1. The Balaban J connectivity index is 1.60. The van der Waals surface area contributed by atoms with Crippen LogP contribution in [0.5, 0.6) is 6.01 Å². The maximum Gasteiger partial charge on any atom is 0.319 e. The molecule has 0 aliphatic carbocycles. The van der Waals surface area contributed by atoms with E-state index in [-0.39, 0.29) is 49.5 Å². The smallest absolute Gasteiger partial charge is 0.319 e. The van der Waals surface area contributed by atoms with Crippen LogP contribution in [0, 0.1) is 24.2 Å². The number of pyridine rings is 1. The van der Waals surface area contributed by atoms with Crippen LogP contribution in [0.25, 0.3) is 22.2 Å². The van der Waals surface area contributed by atoms with Crippen molar-refractivity contribution in [1.82, 2.24) is 24.8 Å².